The van der Waals surface area contributed by atoms with Crippen molar-refractivity contribution in [2.24, 2.45) is 0 Å². The number of hydrogen-bond acceptors (Lipinski definition) is 5. The molecule has 0 saturated carbocycles. The van der Waals surface area contributed by atoms with E-state index in [0.29, 0.717) is 42.0 Å². The van der Waals surface area contributed by atoms with Crippen LogP contribution in [0.1, 0.15) is 22.3 Å². The van der Waals surface area contributed by atoms with E-state index in [9.17, 15) is 14.0 Å². The Morgan fingerprint density at radius 2 is 1.40 bits per heavy atom. The fourth-order valence-corrected chi connectivity index (χ4v) is 4.85. The molecule has 224 valence electrons. The van der Waals surface area contributed by atoms with Crippen molar-refractivity contribution in [3.05, 3.63) is 125 Å². The number of carbonyl (C=O) groups excluding carboxylic acids is 2. The molecule has 4 aromatic carbocycles. The highest BCUT2D eigenvalue weighted by Crippen LogP contribution is 2.28. The third kappa shape index (κ3) is 8.82. The molecular weight excluding hydrogens is 547 g/mol. The fraction of sp³-hybridized carbons (Fsp3) is 0.257. The second-order valence-electron chi connectivity index (χ2n) is 10.1. The largest absolute Gasteiger partial charge is 0.497 e. The zero-order valence-electron chi connectivity index (χ0n) is 24.7. The van der Waals surface area contributed by atoms with E-state index in [0.717, 1.165) is 16.9 Å². The van der Waals surface area contributed by atoms with E-state index >= 15 is 0 Å². The summed E-state index contributed by atoms with van der Waals surface area (Å²) in [6.45, 7) is 0.528. The molecule has 1 N–H and O–H groups in total. The van der Waals surface area contributed by atoms with Crippen LogP contribution in [0.25, 0.3) is 0 Å². The van der Waals surface area contributed by atoms with Gasteiger partial charge in [-0.3, -0.25) is 9.59 Å². The molecule has 0 aliphatic heterocycles. The van der Waals surface area contributed by atoms with Crippen molar-refractivity contribution in [2.45, 2.75) is 31.8 Å². The predicted molar refractivity (Wildman–Crippen MR) is 164 cm³/mol. The van der Waals surface area contributed by atoms with Gasteiger partial charge in [0.05, 0.1) is 27.8 Å². The highest BCUT2D eigenvalue weighted by molar-refractivity contribution is 5.89. The van der Waals surface area contributed by atoms with Gasteiger partial charge in [-0.1, -0.05) is 60.7 Å². The van der Waals surface area contributed by atoms with Gasteiger partial charge in [0.15, 0.2) is 11.5 Å². The molecule has 0 aliphatic carbocycles. The van der Waals surface area contributed by atoms with E-state index in [4.69, 9.17) is 14.2 Å². The summed E-state index contributed by atoms with van der Waals surface area (Å²) in [5.74, 6) is 0.946. The molecule has 0 saturated heterocycles. The first-order chi connectivity index (χ1) is 20.9. The fourth-order valence-electron chi connectivity index (χ4n) is 4.85. The molecule has 7 nitrogen and oxygen atoms in total. The highest BCUT2D eigenvalue weighted by Gasteiger charge is 2.30. The third-order valence-corrected chi connectivity index (χ3v) is 7.21. The summed E-state index contributed by atoms with van der Waals surface area (Å²) in [4.78, 5) is 29.4. The number of nitrogens with one attached hydrogen (secondary N) is 1. The minimum absolute atomic E-state index is 0.0337. The molecule has 2 amide bonds. The molecule has 0 bridgehead atoms. The zero-order valence-corrected chi connectivity index (χ0v) is 24.7. The molecule has 0 radical (unpaired) electrons. The maximum atomic E-state index is 14.0. The van der Waals surface area contributed by atoms with Crippen LogP contribution in [0.3, 0.4) is 0 Å². The van der Waals surface area contributed by atoms with Gasteiger partial charge >= 0.3 is 0 Å². The van der Waals surface area contributed by atoms with Crippen molar-refractivity contribution in [1.82, 2.24) is 10.2 Å². The Morgan fingerprint density at radius 1 is 0.744 bits per heavy atom. The first-order valence-corrected chi connectivity index (χ1v) is 14.1. The lowest BCUT2D eigenvalue weighted by Gasteiger charge is -2.32. The topological polar surface area (TPSA) is 77.1 Å². The van der Waals surface area contributed by atoms with Crippen LogP contribution >= 0.6 is 0 Å². The zero-order chi connectivity index (χ0) is 30.6. The molecule has 43 heavy (non-hydrogen) atoms. The minimum Gasteiger partial charge on any atom is -0.497 e. The van der Waals surface area contributed by atoms with Crippen molar-refractivity contribution >= 4 is 11.8 Å². The van der Waals surface area contributed by atoms with Crippen molar-refractivity contribution in [3.63, 3.8) is 0 Å². The summed E-state index contributed by atoms with van der Waals surface area (Å²) in [5, 5.41) is 3.05. The van der Waals surface area contributed by atoms with Gasteiger partial charge in [0.25, 0.3) is 0 Å². The molecule has 0 heterocycles. The second kappa shape index (κ2) is 15.4. The van der Waals surface area contributed by atoms with Crippen LogP contribution in [0.2, 0.25) is 0 Å². The molecule has 0 fully saturated rings. The second-order valence-corrected chi connectivity index (χ2v) is 10.1. The molecule has 0 spiro atoms. The molecule has 8 heteroatoms. The number of amides is 2. The van der Waals surface area contributed by atoms with Crippen LogP contribution < -0.4 is 19.5 Å². The number of nitrogens with zero attached hydrogens (tertiary/aromatic N) is 1. The van der Waals surface area contributed by atoms with Crippen molar-refractivity contribution in [1.29, 1.82) is 0 Å². The Kier molecular flexibility index (Phi) is 11.1. The van der Waals surface area contributed by atoms with Crippen LogP contribution in [0, 0.1) is 5.82 Å². The van der Waals surface area contributed by atoms with E-state index < -0.39 is 6.04 Å². The maximum absolute atomic E-state index is 14.0. The third-order valence-electron chi connectivity index (χ3n) is 7.21. The Bertz CT molecular complexity index is 1480. The maximum Gasteiger partial charge on any atom is 0.243 e. The highest BCUT2D eigenvalue weighted by atomic mass is 19.1. The smallest absolute Gasteiger partial charge is 0.243 e. The Hall–Kier alpha value is -4.85. The lowest BCUT2D eigenvalue weighted by Crippen LogP contribution is -2.51. The van der Waals surface area contributed by atoms with Gasteiger partial charge in [0, 0.05) is 19.5 Å². The summed E-state index contributed by atoms with van der Waals surface area (Å²) in [6.07, 6.45) is 0.964. The number of methoxy groups -OCH3 is 3. The minimum atomic E-state index is -0.809. The molecule has 1 atom stereocenters. The summed E-state index contributed by atoms with van der Waals surface area (Å²) >= 11 is 0. The van der Waals surface area contributed by atoms with Crippen LogP contribution in [0.5, 0.6) is 17.2 Å². The molecular formula is C35H37FN2O5. The van der Waals surface area contributed by atoms with E-state index in [2.05, 4.69) is 5.32 Å². The summed E-state index contributed by atoms with van der Waals surface area (Å²) < 4.78 is 29.7. The van der Waals surface area contributed by atoms with Gasteiger partial charge in [0.2, 0.25) is 11.8 Å². The normalized spacial score (nSPS) is 11.3. The summed E-state index contributed by atoms with van der Waals surface area (Å²) in [5.41, 5.74) is 3.39. The lowest BCUT2D eigenvalue weighted by atomic mass is 10.0. The van der Waals surface area contributed by atoms with Crippen LogP contribution in [-0.4, -0.2) is 50.6 Å². The SMILES string of the molecule is COc1ccc(CCNC(=O)[C@H](Cc2ccccc2)N(Cc2ccc(F)cc2)C(=O)Cc2ccc(OC)c(OC)c2)cc1. The van der Waals surface area contributed by atoms with Crippen molar-refractivity contribution in [3.8, 4) is 17.2 Å². The quantitative estimate of drug-likeness (QED) is 0.215. The summed E-state index contributed by atoms with van der Waals surface area (Å²) in [7, 11) is 4.71. The monoisotopic (exact) mass is 584 g/mol. The van der Waals surface area contributed by atoms with E-state index in [1.54, 1.807) is 49.5 Å². The van der Waals surface area contributed by atoms with Crippen LogP contribution in [-0.2, 0) is 35.4 Å². The van der Waals surface area contributed by atoms with Crippen molar-refractivity contribution < 1.29 is 28.2 Å². The summed E-state index contributed by atoms with van der Waals surface area (Å²) in [6, 6.07) is 27.7. The Balaban J connectivity index is 1.61. The van der Waals surface area contributed by atoms with Gasteiger partial charge < -0.3 is 24.4 Å². The molecule has 0 unspecified atom stereocenters. The Morgan fingerprint density at radius 3 is 2.05 bits per heavy atom. The number of ether oxygens (including phenoxy) is 3. The number of benzene rings is 4. The first kappa shape index (κ1) is 31.1. The van der Waals surface area contributed by atoms with Crippen LogP contribution in [0.15, 0.2) is 97.1 Å². The Labute approximate surface area is 252 Å². The van der Waals surface area contributed by atoms with Gasteiger partial charge in [-0.15, -0.1) is 0 Å². The van der Waals surface area contributed by atoms with Crippen LogP contribution in [0.4, 0.5) is 4.39 Å². The lowest BCUT2D eigenvalue weighted by molar-refractivity contribution is -0.140. The molecule has 4 rings (SSSR count). The van der Waals surface area contributed by atoms with E-state index in [1.807, 2.05) is 54.6 Å². The molecule has 0 aromatic heterocycles. The van der Waals surface area contributed by atoms with E-state index in [-0.39, 0.29) is 30.6 Å². The van der Waals surface area contributed by atoms with Gasteiger partial charge in [-0.05, 0) is 65.1 Å². The average Bonchev–Trinajstić information content (AvgIpc) is 3.04. The number of carbonyl (C=O) groups is 2. The predicted octanol–water partition coefficient (Wildman–Crippen LogP) is 5.39. The average molecular weight is 585 g/mol. The number of rotatable bonds is 14. The van der Waals surface area contributed by atoms with Gasteiger partial charge in [-0.2, -0.15) is 0 Å². The standard InChI is InChI=1S/C35H37FN2O5/c1-41-30-16-11-25(12-17-30)19-20-37-35(40)31(21-26-7-5-4-6-8-26)38(24-27-9-14-29(36)15-10-27)34(39)23-28-13-18-32(42-2)33(22-28)43-3/h4-18,22,31H,19-21,23-24H2,1-3H3,(H,37,40)/t31-/m0/s1. The van der Waals surface area contributed by atoms with Gasteiger partial charge in [0.1, 0.15) is 17.6 Å². The van der Waals surface area contributed by atoms with Crippen molar-refractivity contribution in [2.75, 3.05) is 27.9 Å². The van der Waals surface area contributed by atoms with E-state index in [1.165, 1.54) is 19.2 Å². The first-order valence-electron chi connectivity index (χ1n) is 14.1. The molecule has 4 aromatic rings. The van der Waals surface area contributed by atoms with Gasteiger partial charge in [-0.25, -0.2) is 4.39 Å². The number of halogens is 1. The number of hydrogen-bond donors (Lipinski definition) is 1. The molecule has 0 aliphatic rings.